The van der Waals surface area contributed by atoms with Crippen molar-refractivity contribution >= 4 is 96.9 Å². The molecule has 41 heavy (non-hydrogen) atoms. The van der Waals surface area contributed by atoms with Gasteiger partial charge in [-0.05, 0) is 47.5 Å². The monoisotopic (exact) mass is 536 g/mol. The first kappa shape index (κ1) is 20.7. The number of benzene rings is 6. The highest BCUT2D eigenvalue weighted by molar-refractivity contribution is 7.25. The van der Waals surface area contributed by atoms with Crippen LogP contribution in [0.5, 0.6) is 0 Å². The molecule has 11 rings (SSSR count). The molecule has 11 aromatic rings. The summed E-state index contributed by atoms with van der Waals surface area (Å²) in [6.45, 7) is 0. The van der Waals surface area contributed by atoms with Gasteiger partial charge in [0.2, 0.25) is 0 Å². The van der Waals surface area contributed by atoms with Crippen LogP contribution in [0.1, 0.15) is 0 Å². The highest BCUT2D eigenvalue weighted by Gasteiger charge is 2.21. The fourth-order valence-corrected chi connectivity index (χ4v) is 8.96. The lowest BCUT2D eigenvalue weighted by Gasteiger charge is -2.05. The summed E-state index contributed by atoms with van der Waals surface area (Å²) in [7, 11) is 0. The van der Waals surface area contributed by atoms with Gasteiger partial charge in [-0.25, -0.2) is 0 Å². The van der Waals surface area contributed by atoms with Crippen LogP contribution in [0.4, 0.5) is 0 Å². The van der Waals surface area contributed by atoms with Crippen LogP contribution in [0.2, 0.25) is 0 Å². The molecule has 6 aromatic carbocycles. The van der Waals surface area contributed by atoms with E-state index in [1.54, 1.807) is 0 Å². The molecule has 3 heteroatoms. The summed E-state index contributed by atoms with van der Waals surface area (Å²) in [4.78, 5) is 1.35. The summed E-state index contributed by atoms with van der Waals surface area (Å²) in [6.07, 6.45) is 0. The molecular weight excluding hydrogens is 516 g/mol. The zero-order chi connectivity index (χ0) is 26.4. The summed E-state index contributed by atoms with van der Waals surface area (Å²) in [6, 6.07) is 45.2. The molecule has 0 fully saturated rings. The standard InChI is InChI=1S/C38H20N2S/c1-3-13-31-23(7-1)24-9-5-10-25-29-19-21(15-17-32(29)39(31)36(24)25)22-16-18-33-30(20-22)26-11-6-12-28-35-27-8-2-4-14-34(27)41-38(35)40(33)37(26)28/h1-20H. The third kappa shape index (κ3) is 2.34. The van der Waals surface area contributed by atoms with Gasteiger partial charge < -0.3 is 4.40 Å². The Morgan fingerprint density at radius 1 is 0.390 bits per heavy atom. The van der Waals surface area contributed by atoms with Crippen molar-refractivity contribution < 1.29 is 0 Å². The summed E-state index contributed by atoms with van der Waals surface area (Å²) in [5, 5.41) is 12.1. The maximum atomic E-state index is 2.51. The molecule has 0 amide bonds. The van der Waals surface area contributed by atoms with Crippen LogP contribution in [0.3, 0.4) is 0 Å². The fourth-order valence-electron chi connectivity index (χ4n) is 7.72. The second kappa shape index (κ2) is 6.95. The first-order valence-electron chi connectivity index (χ1n) is 14.1. The minimum Gasteiger partial charge on any atom is -0.308 e. The quantitative estimate of drug-likeness (QED) is 0.197. The molecule has 5 heterocycles. The lowest BCUT2D eigenvalue weighted by molar-refractivity contribution is 1.37. The SMILES string of the molecule is c1ccc2c(c1)sc1c2c2cccc3c4cc(-c5ccc6c(c5)c5cccc7c8ccccc8n6c75)ccc4n1c32. The van der Waals surface area contributed by atoms with Crippen LogP contribution < -0.4 is 0 Å². The third-order valence-corrected chi connectivity index (χ3v) is 10.5. The fraction of sp³-hybridized carbons (Fsp3) is 0. The molecule has 0 radical (unpaired) electrons. The Balaban J connectivity index is 1.20. The van der Waals surface area contributed by atoms with Gasteiger partial charge in [-0.1, -0.05) is 84.9 Å². The molecule has 0 aliphatic rings. The predicted molar refractivity (Wildman–Crippen MR) is 177 cm³/mol. The van der Waals surface area contributed by atoms with Crippen molar-refractivity contribution in [1.82, 2.24) is 8.80 Å². The van der Waals surface area contributed by atoms with Gasteiger partial charge in [-0.2, -0.15) is 0 Å². The molecule has 2 nitrogen and oxygen atoms in total. The van der Waals surface area contributed by atoms with E-state index in [1.807, 2.05) is 11.3 Å². The Kier molecular flexibility index (Phi) is 3.52. The number of thiophene rings is 1. The van der Waals surface area contributed by atoms with E-state index < -0.39 is 0 Å². The molecule has 0 saturated carbocycles. The first-order valence-corrected chi connectivity index (χ1v) is 14.9. The summed E-state index contributed by atoms with van der Waals surface area (Å²) < 4.78 is 6.31. The van der Waals surface area contributed by atoms with Crippen molar-refractivity contribution in [3.05, 3.63) is 121 Å². The average molecular weight is 537 g/mol. The number of aromatic nitrogens is 2. The van der Waals surface area contributed by atoms with Crippen molar-refractivity contribution in [2.45, 2.75) is 0 Å². The van der Waals surface area contributed by atoms with E-state index >= 15 is 0 Å². The molecule has 0 N–H and O–H groups in total. The summed E-state index contributed by atoms with van der Waals surface area (Å²) >= 11 is 1.90. The highest BCUT2D eigenvalue weighted by atomic mass is 32.1. The van der Waals surface area contributed by atoms with Crippen molar-refractivity contribution in [3.63, 3.8) is 0 Å². The lowest BCUT2D eigenvalue weighted by Crippen LogP contribution is -1.83. The second-order valence-electron chi connectivity index (χ2n) is 11.3. The number of fused-ring (bicyclic) bond motifs is 14. The van der Waals surface area contributed by atoms with Gasteiger partial charge in [-0.3, -0.25) is 4.40 Å². The zero-order valence-corrected chi connectivity index (χ0v) is 22.7. The van der Waals surface area contributed by atoms with Crippen LogP contribution in [0.15, 0.2) is 121 Å². The molecule has 188 valence electrons. The van der Waals surface area contributed by atoms with Crippen LogP contribution in [0, 0.1) is 0 Å². The Morgan fingerprint density at radius 3 is 1.68 bits per heavy atom. The van der Waals surface area contributed by atoms with Gasteiger partial charge in [0.1, 0.15) is 4.83 Å². The molecule has 0 aliphatic heterocycles. The summed E-state index contributed by atoms with van der Waals surface area (Å²) in [5.41, 5.74) is 9.03. The van der Waals surface area contributed by atoms with Crippen LogP contribution in [-0.4, -0.2) is 8.80 Å². The predicted octanol–water partition coefficient (Wildman–Crippen LogP) is 10.9. The van der Waals surface area contributed by atoms with Crippen LogP contribution in [-0.2, 0) is 0 Å². The zero-order valence-electron chi connectivity index (χ0n) is 21.8. The summed E-state index contributed by atoms with van der Waals surface area (Å²) in [5.74, 6) is 0. The Labute approximate surface area is 237 Å². The maximum Gasteiger partial charge on any atom is 0.109 e. The van der Waals surface area contributed by atoms with Gasteiger partial charge in [0, 0.05) is 53.2 Å². The van der Waals surface area contributed by atoms with Crippen LogP contribution in [0.25, 0.3) is 96.7 Å². The van der Waals surface area contributed by atoms with E-state index in [4.69, 9.17) is 0 Å². The smallest absolute Gasteiger partial charge is 0.109 e. The third-order valence-electron chi connectivity index (χ3n) is 9.39. The van der Waals surface area contributed by atoms with Crippen molar-refractivity contribution in [2.24, 2.45) is 0 Å². The Morgan fingerprint density at radius 2 is 0.927 bits per heavy atom. The van der Waals surface area contributed by atoms with E-state index in [0.717, 1.165) is 0 Å². The van der Waals surface area contributed by atoms with E-state index in [9.17, 15) is 0 Å². The Hall–Kier alpha value is -5.12. The van der Waals surface area contributed by atoms with Gasteiger partial charge in [0.15, 0.2) is 0 Å². The number of para-hydroxylation sites is 3. The number of hydrogen-bond acceptors (Lipinski definition) is 1. The number of nitrogens with zero attached hydrogens (tertiary/aromatic N) is 2. The van der Waals surface area contributed by atoms with Gasteiger partial charge in [0.05, 0.1) is 27.6 Å². The molecule has 0 aliphatic carbocycles. The van der Waals surface area contributed by atoms with Gasteiger partial charge >= 0.3 is 0 Å². The largest absolute Gasteiger partial charge is 0.308 e. The average Bonchev–Trinajstić information content (AvgIpc) is 3.80. The molecule has 0 spiro atoms. The van der Waals surface area contributed by atoms with Crippen molar-refractivity contribution in [2.75, 3.05) is 0 Å². The molecular formula is C38H20N2S. The van der Waals surface area contributed by atoms with Gasteiger partial charge in [0.25, 0.3) is 0 Å². The molecule has 0 unspecified atom stereocenters. The van der Waals surface area contributed by atoms with E-state index in [1.165, 1.54) is 96.7 Å². The minimum absolute atomic E-state index is 1.26. The first-order chi connectivity index (χ1) is 20.3. The van der Waals surface area contributed by atoms with Gasteiger partial charge in [-0.15, -0.1) is 11.3 Å². The molecule has 5 aromatic heterocycles. The number of hydrogen-bond donors (Lipinski definition) is 0. The molecule has 0 saturated heterocycles. The second-order valence-corrected chi connectivity index (χ2v) is 12.4. The van der Waals surface area contributed by atoms with Crippen molar-refractivity contribution in [3.8, 4) is 11.1 Å². The highest BCUT2D eigenvalue weighted by Crippen LogP contribution is 2.46. The van der Waals surface area contributed by atoms with Crippen LogP contribution >= 0.6 is 11.3 Å². The van der Waals surface area contributed by atoms with Crippen molar-refractivity contribution in [1.29, 1.82) is 0 Å². The van der Waals surface area contributed by atoms with E-state index in [-0.39, 0.29) is 0 Å². The minimum atomic E-state index is 1.26. The van der Waals surface area contributed by atoms with E-state index in [0.29, 0.717) is 0 Å². The maximum absolute atomic E-state index is 2.51. The molecule has 0 bridgehead atoms. The molecule has 0 atom stereocenters. The lowest BCUT2D eigenvalue weighted by atomic mass is 9.99. The topological polar surface area (TPSA) is 8.82 Å². The number of rotatable bonds is 1. The normalized spacial score (nSPS) is 12.9. The Bertz CT molecular complexity index is 2860. The van der Waals surface area contributed by atoms with E-state index in [2.05, 4.69) is 130 Å².